The predicted molar refractivity (Wildman–Crippen MR) is 74.4 cm³/mol. The number of aromatic nitrogens is 2. The smallest absolute Gasteiger partial charge is 0.161 e. The third-order valence-corrected chi connectivity index (χ3v) is 3.29. The number of rotatable bonds is 3. The highest BCUT2D eigenvalue weighted by Crippen LogP contribution is 2.33. The van der Waals surface area contributed by atoms with Crippen molar-refractivity contribution in [1.29, 1.82) is 0 Å². The number of hydrogen-bond donors (Lipinski definition) is 2. The van der Waals surface area contributed by atoms with E-state index in [9.17, 15) is 0 Å². The molecular formula is C14H18N4O2. The van der Waals surface area contributed by atoms with Crippen molar-refractivity contribution in [3.63, 3.8) is 0 Å². The summed E-state index contributed by atoms with van der Waals surface area (Å²) >= 11 is 0. The summed E-state index contributed by atoms with van der Waals surface area (Å²) in [6.45, 7) is 1.35. The van der Waals surface area contributed by atoms with Crippen molar-refractivity contribution in [3.05, 3.63) is 42.0 Å². The number of aryl methyl sites for hydroxylation is 1. The Morgan fingerprint density at radius 1 is 1.30 bits per heavy atom. The van der Waals surface area contributed by atoms with Gasteiger partial charge in [0.25, 0.3) is 0 Å². The van der Waals surface area contributed by atoms with E-state index >= 15 is 0 Å². The van der Waals surface area contributed by atoms with Crippen molar-refractivity contribution in [2.75, 3.05) is 13.2 Å². The first-order valence-corrected chi connectivity index (χ1v) is 6.61. The van der Waals surface area contributed by atoms with Gasteiger partial charge < -0.3 is 14.0 Å². The van der Waals surface area contributed by atoms with Crippen LogP contribution in [-0.2, 0) is 7.05 Å². The number of nitrogens with zero attached hydrogens (tertiary/aromatic N) is 2. The van der Waals surface area contributed by atoms with Crippen molar-refractivity contribution in [3.8, 4) is 11.5 Å². The monoisotopic (exact) mass is 274 g/mol. The molecule has 3 rings (SSSR count). The van der Waals surface area contributed by atoms with Crippen LogP contribution in [0.1, 0.15) is 23.7 Å². The molecular weight excluding hydrogens is 256 g/mol. The van der Waals surface area contributed by atoms with Crippen LogP contribution in [0.15, 0.2) is 30.7 Å². The molecule has 1 atom stereocenters. The van der Waals surface area contributed by atoms with E-state index in [1.54, 1.807) is 6.33 Å². The number of benzene rings is 1. The van der Waals surface area contributed by atoms with E-state index in [0.717, 1.165) is 29.2 Å². The number of fused-ring (bicyclic) bond motifs is 1. The number of hydrogen-bond acceptors (Lipinski definition) is 5. The molecule has 6 heteroatoms. The van der Waals surface area contributed by atoms with E-state index < -0.39 is 0 Å². The molecule has 0 saturated heterocycles. The lowest BCUT2D eigenvalue weighted by atomic mass is 10.0. The summed E-state index contributed by atoms with van der Waals surface area (Å²) in [5, 5.41) is 0. The predicted octanol–water partition coefficient (Wildman–Crippen LogP) is 1.13. The number of hydrazine groups is 1. The van der Waals surface area contributed by atoms with Crippen LogP contribution in [-0.4, -0.2) is 22.8 Å². The second kappa shape index (κ2) is 5.52. The Morgan fingerprint density at radius 3 is 2.80 bits per heavy atom. The molecule has 0 saturated carbocycles. The molecule has 0 bridgehead atoms. The van der Waals surface area contributed by atoms with E-state index in [-0.39, 0.29) is 6.04 Å². The first kappa shape index (κ1) is 13.0. The quantitative estimate of drug-likeness (QED) is 0.648. The molecule has 0 spiro atoms. The van der Waals surface area contributed by atoms with Gasteiger partial charge in [-0.2, -0.15) is 0 Å². The van der Waals surface area contributed by atoms with Gasteiger partial charge in [0.05, 0.1) is 31.3 Å². The third kappa shape index (κ3) is 2.48. The number of ether oxygens (including phenoxy) is 2. The van der Waals surface area contributed by atoms with Gasteiger partial charge in [0, 0.05) is 19.7 Å². The highest BCUT2D eigenvalue weighted by Gasteiger charge is 2.18. The summed E-state index contributed by atoms with van der Waals surface area (Å²) in [5.41, 5.74) is 4.66. The number of imidazole rings is 1. The third-order valence-electron chi connectivity index (χ3n) is 3.29. The molecule has 2 heterocycles. The van der Waals surface area contributed by atoms with E-state index in [1.807, 2.05) is 36.0 Å². The molecule has 0 amide bonds. The van der Waals surface area contributed by atoms with Gasteiger partial charge in [-0.1, -0.05) is 6.07 Å². The molecule has 1 aliphatic heterocycles. The lowest BCUT2D eigenvalue weighted by molar-refractivity contribution is 0.297. The lowest BCUT2D eigenvalue weighted by Crippen LogP contribution is -2.29. The van der Waals surface area contributed by atoms with E-state index in [0.29, 0.717) is 13.2 Å². The fourth-order valence-electron chi connectivity index (χ4n) is 2.29. The van der Waals surface area contributed by atoms with Crippen molar-refractivity contribution in [2.24, 2.45) is 12.9 Å². The van der Waals surface area contributed by atoms with E-state index in [1.165, 1.54) is 0 Å². The van der Waals surface area contributed by atoms with Crippen LogP contribution in [0.2, 0.25) is 0 Å². The highest BCUT2D eigenvalue weighted by molar-refractivity contribution is 5.45. The summed E-state index contributed by atoms with van der Waals surface area (Å²) in [6.07, 6.45) is 4.58. The number of nitrogens with two attached hydrogens (primary N) is 1. The van der Waals surface area contributed by atoms with Crippen LogP contribution in [0.4, 0.5) is 0 Å². The second-order valence-electron chi connectivity index (χ2n) is 4.82. The first-order valence-electron chi connectivity index (χ1n) is 6.61. The molecule has 2 aromatic rings. The van der Waals surface area contributed by atoms with Gasteiger partial charge in [0.2, 0.25) is 0 Å². The largest absolute Gasteiger partial charge is 0.490 e. The number of nitrogens with one attached hydrogen (secondary N) is 1. The SMILES string of the molecule is Cn1cnc(C(NN)c2ccc3c(c2)OCCCO3)c1. The van der Waals surface area contributed by atoms with E-state index in [4.69, 9.17) is 15.3 Å². The van der Waals surface area contributed by atoms with Gasteiger partial charge in [-0.05, 0) is 17.7 Å². The van der Waals surface area contributed by atoms with Crippen molar-refractivity contribution < 1.29 is 9.47 Å². The Morgan fingerprint density at radius 2 is 2.10 bits per heavy atom. The average Bonchev–Trinajstić information content (AvgIpc) is 2.75. The molecule has 0 radical (unpaired) electrons. The second-order valence-corrected chi connectivity index (χ2v) is 4.82. The van der Waals surface area contributed by atoms with Gasteiger partial charge in [-0.3, -0.25) is 5.84 Å². The van der Waals surface area contributed by atoms with Crippen LogP contribution in [0.3, 0.4) is 0 Å². The van der Waals surface area contributed by atoms with Crippen LogP contribution >= 0.6 is 0 Å². The zero-order valence-corrected chi connectivity index (χ0v) is 11.4. The molecule has 1 aliphatic rings. The minimum atomic E-state index is -0.173. The van der Waals surface area contributed by atoms with Crippen LogP contribution < -0.4 is 20.7 Å². The van der Waals surface area contributed by atoms with Gasteiger partial charge in [0.15, 0.2) is 11.5 Å². The Kier molecular flexibility index (Phi) is 3.58. The Balaban J connectivity index is 1.94. The fourth-order valence-corrected chi connectivity index (χ4v) is 2.29. The highest BCUT2D eigenvalue weighted by atomic mass is 16.5. The van der Waals surface area contributed by atoms with Crippen LogP contribution in [0.5, 0.6) is 11.5 Å². The minimum Gasteiger partial charge on any atom is -0.490 e. The summed E-state index contributed by atoms with van der Waals surface area (Å²) in [5.74, 6) is 7.22. The molecule has 1 unspecified atom stereocenters. The van der Waals surface area contributed by atoms with Gasteiger partial charge >= 0.3 is 0 Å². The van der Waals surface area contributed by atoms with Crippen LogP contribution in [0, 0.1) is 0 Å². The summed E-state index contributed by atoms with van der Waals surface area (Å²) in [4.78, 5) is 4.34. The summed E-state index contributed by atoms with van der Waals surface area (Å²) in [6, 6.07) is 5.68. The summed E-state index contributed by atoms with van der Waals surface area (Å²) in [7, 11) is 1.93. The van der Waals surface area contributed by atoms with Gasteiger partial charge in [-0.25, -0.2) is 10.4 Å². The molecule has 20 heavy (non-hydrogen) atoms. The molecule has 0 fully saturated rings. The van der Waals surface area contributed by atoms with Crippen molar-refractivity contribution in [2.45, 2.75) is 12.5 Å². The standard InChI is InChI=1S/C14H18N4O2/c1-18-8-11(16-9-18)14(17-15)10-3-4-12-13(7-10)20-6-2-5-19-12/h3-4,7-9,14,17H,2,5-6,15H2,1H3. The molecule has 6 nitrogen and oxygen atoms in total. The Bertz CT molecular complexity index is 597. The lowest BCUT2D eigenvalue weighted by Gasteiger charge is -2.16. The van der Waals surface area contributed by atoms with Crippen molar-refractivity contribution in [1.82, 2.24) is 15.0 Å². The molecule has 1 aromatic heterocycles. The summed E-state index contributed by atoms with van der Waals surface area (Å²) < 4.78 is 13.2. The molecule has 3 N–H and O–H groups in total. The van der Waals surface area contributed by atoms with Crippen molar-refractivity contribution >= 4 is 0 Å². The Hall–Kier alpha value is -2.05. The van der Waals surface area contributed by atoms with E-state index in [2.05, 4.69) is 10.4 Å². The zero-order valence-electron chi connectivity index (χ0n) is 11.4. The fraction of sp³-hybridized carbons (Fsp3) is 0.357. The zero-order chi connectivity index (χ0) is 13.9. The maximum Gasteiger partial charge on any atom is 0.161 e. The molecule has 1 aromatic carbocycles. The first-order chi connectivity index (χ1) is 9.78. The Labute approximate surface area is 117 Å². The maximum absolute atomic E-state index is 5.71. The normalized spacial score (nSPS) is 15.7. The van der Waals surface area contributed by atoms with Gasteiger partial charge in [0.1, 0.15) is 0 Å². The maximum atomic E-state index is 5.71. The topological polar surface area (TPSA) is 74.3 Å². The molecule has 106 valence electrons. The molecule has 0 aliphatic carbocycles. The average molecular weight is 274 g/mol. The van der Waals surface area contributed by atoms with Crippen LogP contribution in [0.25, 0.3) is 0 Å². The minimum absolute atomic E-state index is 0.173. The van der Waals surface area contributed by atoms with Gasteiger partial charge in [-0.15, -0.1) is 0 Å².